The third-order valence-corrected chi connectivity index (χ3v) is 2.66. The van der Waals surface area contributed by atoms with Crippen molar-refractivity contribution in [2.45, 2.75) is 33.2 Å². The first-order chi connectivity index (χ1) is 6.49. The van der Waals surface area contributed by atoms with Gasteiger partial charge in [0, 0.05) is 6.04 Å². The predicted octanol–water partition coefficient (Wildman–Crippen LogP) is 1.82. The van der Waals surface area contributed by atoms with Crippen molar-refractivity contribution < 1.29 is 8.78 Å². The van der Waals surface area contributed by atoms with Gasteiger partial charge in [0.15, 0.2) is 0 Å². The second-order valence-corrected chi connectivity index (χ2v) is 3.86. The summed E-state index contributed by atoms with van der Waals surface area (Å²) in [6, 6.07) is 0.183. The van der Waals surface area contributed by atoms with E-state index in [1.165, 1.54) is 0 Å². The van der Waals surface area contributed by atoms with Crippen LogP contribution in [-0.4, -0.2) is 44.0 Å². The molecule has 0 saturated carbocycles. The predicted molar refractivity (Wildman–Crippen MR) is 55.8 cm³/mol. The van der Waals surface area contributed by atoms with Gasteiger partial charge in [0.05, 0.1) is 6.54 Å². The molecule has 2 atom stereocenters. The van der Waals surface area contributed by atoms with Crippen molar-refractivity contribution in [1.82, 2.24) is 10.2 Å². The van der Waals surface area contributed by atoms with Crippen LogP contribution in [0.3, 0.4) is 0 Å². The summed E-state index contributed by atoms with van der Waals surface area (Å²) in [5, 5.41) is 3.22. The lowest BCUT2D eigenvalue weighted by atomic mass is 10.0. The fourth-order valence-electron chi connectivity index (χ4n) is 1.36. The standard InChI is InChI=1S/C10H22F2N2/c1-5-13-6-8(2)9(3)14(4)7-10(11)12/h8-10,13H,5-7H2,1-4H3. The normalized spacial score (nSPS) is 16.3. The van der Waals surface area contributed by atoms with E-state index < -0.39 is 6.43 Å². The number of alkyl halides is 2. The van der Waals surface area contributed by atoms with E-state index in [9.17, 15) is 8.78 Å². The molecule has 0 heterocycles. The van der Waals surface area contributed by atoms with Gasteiger partial charge < -0.3 is 5.32 Å². The summed E-state index contributed by atoms with van der Waals surface area (Å²) in [7, 11) is 1.75. The van der Waals surface area contributed by atoms with Crippen LogP contribution in [0.5, 0.6) is 0 Å². The van der Waals surface area contributed by atoms with Gasteiger partial charge in [-0.2, -0.15) is 0 Å². The Morgan fingerprint density at radius 1 is 1.29 bits per heavy atom. The molecule has 0 rings (SSSR count). The molecule has 0 aromatic carbocycles. The third kappa shape index (κ3) is 5.50. The number of nitrogens with zero attached hydrogens (tertiary/aromatic N) is 1. The molecular formula is C10H22F2N2. The zero-order chi connectivity index (χ0) is 11.1. The number of rotatable bonds is 7. The van der Waals surface area contributed by atoms with E-state index in [0.29, 0.717) is 5.92 Å². The fraction of sp³-hybridized carbons (Fsp3) is 1.00. The van der Waals surface area contributed by atoms with Crippen LogP contribution in [0.25, 0.3) is 0 Å². The molecule has 0 aliphatic heterocycles. The maximum atomic E-state index is 12.1. The zero-order valence-electron chi connectivity index (χ0n) is 9.56. The molecule has 0 aliphatic carbocycles. The Bertz CT molecular complexity index is 142. The SMILES string of the molecule is CCNCC(C)C(C)N(C)CC(F)F. The van der Waals surface area contributed by atoms with Gasteiger partial charge in [-0.05, 0) is 33.0 Å². The van der Waals surface area contributed by atoms with Crippen LogP contribution >= 0.6 is 0 Å². The van der Waals surface area contributed by atoms with Crippen LogP contribution in [0.4, 0.5) is 8.78 Å². The molecule has 2 nitrogen and oxygen atoms in total. The van der Waals surface area contributed by atoms with Crippen molar-refractivity contribution >= 4 is 0 Å². The smallest absolute Gasteiger partial charge is 0.251 e. The molecule has 1 N–H and O–H groups in total. The highest BCUT2D eigenvalue weighted by atomic mass is 19.3. The Hall–Kier alpha value is -0.220. The van der Waals surface area contributed by atoms with Gasteiger partial charge in [-0.3, -0.25) is 4.90 Å². The molecule has 0 saturated heterocycles. The minimum Gasteiger partial charge on any atom is -0.317 e. The molecule has 86 valence electrons. The van der Waals surface area contributed by atoms with Crippen molar-refractivity contribution in [3.05, 3.63) is 0 Å². The summed E-state index contributed by atoms with van der Waals surface area (Å²) in [5.74, 6) is 0.388. The van der Waals surface area contributed by atoms with Crippen molar-refractivity contribution in [1.29, 1.82) is 0 Å². The summed E-state index contributed by atoms with van der Waals surface area (Å²) in [4.78, 5) is 1.71. The van der Waals surface area contributed by atoms with Gasteiger partial charge in [-0.1, -0.05) is 13.8 Å². The lowest BCUT2D eigenvalue weighted by molar-refractivity contribution is 0.0717. The molecule has 2 unspecified atom stereocenters. The zero-order valence-corrected chi connectivity index (χ0v) is 9.56. The van der Waals surface area contributed by atoms with E-state index in [1.54, 1.807) is 11.9 Å². The van der Waals surface area contributed by atoms with Gasteiger partial charge in [-0.15, -0.1) is 0 Å². The Kier molecular flexibility index (Phi) is 7.01. The number of hydrogen-bond donors (Lipinski definition) is 1. The highest BCUT2D eigenvalue weighted by molar-refractivity contribution is 4.72. The van der Waals surface area contributed by atoms with Gasteiger partial charge in [0.25, 0.3) is 6.43 Å². The molecule has 14 heavy (non-hydrogen) atoms. The van der Waals surface area contributed by atoms with Crippen LogP contribution in [0.15, 0.2) is 0 Å². The summed E-state index contributed by atoms with van der Waals surface area (Å²) < 4.78 is 24.2. The first-order valence-electron chi connectivity index (χ1n) is 5.18. The molecular weight excluding hydrogens is 186 g/mol. The minimum atomic E-state index is -2.24. The number of nitrogens with one attached hydrogen (secondary N) is 1. The molecule has 4 heteroatoms. The van der Waals surface area contributed by atoms with E-state index in [-0.39, 0.29) is 12.6 Å². The second kappa shape index (κ2) is 7.12. The topological polar surface area (TPSA) is 15.3 Å². The molecule has 0 spiro atoms. The molecule has 0 aromatic heterocycles. The summed E-state index contributed by atoms with van der Waals surface area (Å²) in [6.07, 6.45) is -2.24. The largest absolute Gasteiger partial charge is 0.317 e. The first kappa shape index (κ1) is 13.8. The summed E-state index contributed by atoms with van der Waals surface area (Å²) in [6.45, 7) is 7.78. The molecule has 0 aromatic rings. The molecule has 0 fully saturated rings. The van der Waals surface area contributed by atoms with E-state index >= 15 is 0 Å². The van der Waals surface area contributed by atoms with Gasteiger partial charge in [-0.25, -0.2) is 8.78 Å². The summed E-state index contributed by atoms with van der Waals surface area (Å²) >= 11 is 0. The van der Waals surface area contributed by atoms with Crippen LogP contribution in [0, 0.1) is 5.92 Å². The van der Waals surface area contributed by atoms with Crippen LogP contribution < -0.4 is 5.32 Å². The van der Waals surface area contributed by atoms with E-state index in [0.717, 1.165) is 13.1 Å². The molecule has 0 aliphatic rings. The highest BCUT2D eigenvalue weighted by Crippen LogP contribution is 2.09. The minimum absolute atomic E-state index is 0.141. The van der Waals surface area contributed by atoms with Crippen LogP contribution in [0.1, 0.15) is 20.8 Å². The Labute approximate surface area is 85.7 Å². The Morgan fingerprint density at radius 2 is 1.86 bits per heavy atom. The fourth-order valence-corrected chi connectivity index (χ4v) is 1.36. The Balaban J connectivity index is 3.84. The molecule has 0 radical (unpaired) electrons. The monoisotopic (exact) mass is 208 g/mol. The number of halogens is 2. The maximum absolute atomic E-state index is 12.1. The van der Waals surface area contributed by atoms with Crippen LogP contribution in [0.2, 0.25) is 0 Å². The average molecular weight is 208 g/mol. The van der Waals surface area contributed by atoms with E-state index in [1.807, 2.05) is 13.8 Å². The van der Waals surface area contributed by atoms with E-state index in [4.69, 9.17) is 0 Å². The number of hydrogen-bond acceptors (Lipinski definition) is 2. The highest BCUT2D eigenvalue weighted by Gasteiger charge is 2.19. The van der Waals surface area contributed by atoms with E-state index in [2.05, 4.69) is 12.2 Å². The van der Waals surface area contributed by atoms with Crippen molar-refractivity contribution in [3.8, 4) is 0 Å². The van der Waals surface area contributed by atoms with Gasteiger partial charge in [0.2, 0.25) is 0 Å². The van der Waals surface area contributed by atoms with Crippen LogP contribution in [-0.2, 0) is 0 Å². The average Bonchev–Trinajstić information content (AvgIpc) is 2.11. The molecule has 0 amide bonds. The van der Waals surface area contributed by atoms with Gasteiger partial charge >= 0.3 is 0 Å². The van der Waals surface area contributed by atoms with Crippen molar-refractivity contribution in [2.24, 2.45) is 5.92 Å². The quantitative estimate of drug-likeness (QED) is 0.686. The third-order valence-electron chi connectivity index (χ3n) is 2.66. The lowest BCUT2D eigenvalue weighted by Crippen LogP contribution is -2.41. The second-order valence-electron chi connectivity index (χ2n) is 3.86. The summed E-state index contributed by atoms with van der Waals surface area (Å²) in [5.41, 5.74) is 0. The molecule has 0 bridgehead atoms. The maximum Gasteiger partial charge on any atom is 0.251 e. The Morgan fingerprint density at radius 3 is 2.29 bits per heavy atom. The van der Waals surface area contributed by atoms with Crippen molar-refractivity contribution in [2.75, 3.05) is 26.7 Å². The lowest BCUT2D eigenvalue weighted by Gasteiger charge is -2.29. The first-order valence-corrected chi connectivity index (χ1v) is 5.18. The van der Waals surface area contributed by atoms with Crippen molar-refractivity contribution in [3.63, 3.8) is 0 Å². The van der Waals surface area contributed by atoms with Gasteiger partial charge in [0.1, 0.15) is 0 Å².